The second-order valence-electron chi connectivity index (χ2n) is 2.94. The van der Waals surface area contributed by atoms with Crippen molar-refractivity contribution in [2.45, 2.75) is 12.6 Å². The summed E-state index contributed by atoms with van der Waals surface area (Å²) >= 11 is 0. The number of aliphatic hydroxyl groups is 1. The summed E-state index contributed by atoms with van der Waals surface area (Å²) in [6, 6.07) is 8.55. The van der Waals surface area contributed by atoms with Gasteiger partial charge in [-0.3, -0.25) is 10.1 Å². The molecule has 5 heteroatoms. The van der Waals surface area contributed by atoms with Crippen molar-refractivity contribution in [2.24, 2.45) is 0 Å². The van der Waals surface area contributed by atoms with Gasteiger partial charge in [0.25, 0.3) is 0 Å². The maximum atomic E-state index is 10.5. The molecule has 0 bridgehead atoms. The molecule has 0 aliphatic carbocycles. The number of aliphatic carboxylic acids is 1. The number of carboxylic acids is 1. The van der Waals surface area contributed by atoms with Crippen molar-refractivity contribution in [2.75, 3.05) is 6.61 Å². The monoisotopic (exact) mass is 231 g/mol. The van der Waals surface area contributed by atoms with Gasteiger partial charge in [0, 0.05) is 6.54 Å². The normalized spacial score (nSPS) is 11.5. The molecule has 0 aromatic heterocycles. The average Bonchev–Trinajstić information content (AvgIpc) is 2.20. The minimum Gasteiger partial charge on any atom is -0.480 e. The first kappa shape index (κ1) is 13.9. The minimum absolute atomic E-state index is 0. The van der Waals surface area contributed by atoms with E-state index in [1.54, 1.807) is 0 Å². The van der Waals surface area contributed by atoms with Gasteiger partial charge in [-0.1, -0.05) is 30.3 Å². The molecule has 0 aliphatic heterocycles. The van der Waals surface area contributed by atoms with Gasteiger partial charge in [-0.25, -0.2) is 0 Å². The van der Waals surface area contributed by atoms with E-state index in [0.717, 1.165) is 5.56 Å². The third kappa shape index (κ3) is 4.78. The summed E-state index contributed by atoms with van der Waals surface area (Å²) in [5.41, 5.74) is 0.993. The van der Waals surface area contributed by atoms with E-state index in [1.807, 2.05) is 30.3 Å². The van der Waals surface area contributed by atoms with Gasteiger partial charge in [0.2, 0.25) is 0 Å². The first-order chi connectivity index (χ1) is 6.74. The fourth-order valence-corrected chi connectivity index (χ4v) is 1.07. The zero-order chi connectivity index (χ0) is 10.4. The molecule has 0 saturated heterocycles. The fourth-order valence-electron chi connectivity index (χ4n) is 1.07. The van der Waals surface area contributed by atoms with Crippen LogP contribution in [0.25, 0.3) is 0 Å². The molecule has 0 amide bonds. The molecule has 84 valence electrons. The number of carbonyl (C=O) groups is 1. The average molecular weight is 232 g/mol. The molecule has 0 radical (unpaired) electrons. The van der Waals surface area contributed by atoms with Gasteiger partial charge in [0.1, 0.15) is 6.04 Å². The smallest absolute Gasteiger partial charge is 0.323 e. The first-order valence-electron chi connectivity index (χ1n) is 4.35. The maximum absolute atomic E-state index is 10.5. The third-order valence-electron chi connectivity index (χ3n) is 1.88. The topological polar surface area (TPSA) is 69.6 Å². The van der Waals surface area contributed by atoms with Gasteiger partial charge in [0.15, 0.2) is 0 Å². The Kier molecular flexibility index (Phi) is 6.70. The highest BCUT2D eigenvalue weighted by atomic mass is 35.5. The molecule has 1 aromatic rings. The Morgan fingerprint density at radius 1 is 1.33 bits per heavy atom. The maximum Gasteiger partial charge on any atom is 0.323 e. The molecule has 0 saturated carbocycles. The van der Waals surface area contributed by atoms with Crippen LogP contribution in [-0.4, -0.2) is 28.8 Å². The molecule has 0 spiro atoms. The minimum atomic E-state index is -1.04. The Morgan fingerprint density at radius 3 is 2.40 bits per heavy atom. The Labute approximate surface area is 94.3 Å². The second kappa shape index (κ2) is 7.23. The van der Waals surface area contributed by atoms with Crippen molar-refractivity contribution in [3.05, 3.63) is 35.9 Å². The lowest BCUT2D eigenvalue weighted by Gasteiger charge is -2.10. The van der Waals surface area contributed by atoms with Crippen LogP contribution in [0.3, 0.4) is 0 Å². The van der Waals surface area contributed by atoms with Crippen molar-refractivity contribution in [1.29, 1.82) is 0 Å². The van der Waals surface area contributed by atoms with Crippen molar-refractivity contribution >= 4 is 18.4 Å². The van der Waals surface area contributed by atoms with Crippen LogP contribution in [0.4, 0.5) is 0 Å². The molecule has 0 fully saturated rings. The summed E-state index contributed by atoms with van der Waals surface area (Å²) in [5.74, 6) is -1.04. The summed E-state index contributed by atoms with van der Waals surface area (Å²) < 4.78 is 0. The molecule has 4 nitrogen and oxygen atoms in total. The number of rotatable bonds is 5. The number of carboxylic acid groups (broad SMARTS) is 1. The highest BCUT2D eigenvalue weighted by Gasteiger charge is 2.14. The highest BCUT2D eigenvalue weighted by molar-refractivity contribution is 5.85. The molecule has 0 aliphatic rings. The van der Waals surface area contributed by atoms with E-state index in [4.69, 9.17) is 10.2 Å². The van der Waals surface area contributed by atoms with Crippen molar-refractivity contribution in [3.63, 3.8) is 0 Å². The lowest BCUT2D eigenvalue weighted by molar-refractivity contribution is -0.140. The van der Waals surface area contributed by atoms with Gasteiger partial charge in [0.05, 0.1) is 6.61 Å². The van der Waals surface area contributed by atoms with Crippen LogP contribution in [0.5, 0.6) is 0 Å². The Bertz CT molecular complexity index is 292. The van der Waals surface area contributed by atoms with E-state index < -0.39 is 18.6 Å². The van der Waals surface area contributed by atoms with Gasteiger partial charge < -0.3 is 10.2 Å². The van der Waals surface area contributed by atoms with Crippen LogP contribution < -0.4 is 5.32 Å². The van der Waals surface area contributed by atoms with Gasteiger partial charge >= 0.3 is 5.97 Å². The molecule has 0 unspecified atom stereocenters. The van der Waals surface area contributed by atoms with Crippen LogP contribution >= 0.6 is 12.4 Å². The Hall–Kier alpha value is -1.10. The largest absolute Gasteiger partial charge is 0.480 e. The molecular weight excluding hydrogens is 218 g/mol. The van der Waals surface area contributed by atoms with E-state index in [9.17, 15) is 4.79 Å². The number of halogens is 1. The zero-order valence-electron chi connectivity index (χ0n) is 8.09. The second-order valence-corrected chi connectivity index (χ2v) is 2.94. The summed E-state index contributed by atoms with van der Waals surface area (Å²) in [7, 11) is 0. The Morgan fingerprint density at radius 2 is 1.93 bits per heavy atom. The standard InChI is InChI=1S/C10H13NO3.ClH/c12-7-9(10(13)14)11-6-8-4-2-1-3-5-8;/h1-5,9,11-12H,6-7H2,(H,13,14);1H/t9-;/m0./s1. The molecule has 15 heavy (non-hydrogen) atoms. The van der Waals surface area contributed by atoms with E-state index >= 15 is 0 Å². The predicted octanol–water partition coefficient (Wildman–Crippen LogP) is 0.643. The Balaban J connectivity index is 0.00000196. The van der Waals surface area contributed by atoms with E-state index in [0.29, 0.717) is 6.54 Å². The molecule has 1 atom stereocenters. The number of aliphatic hydroxyl groups excluding tert-OH is 1. The van der Waals surface area contributed by atoms with Crippen LogP contribution in [0, 0.1) is 0 Å². The summed E-state index contributed by atoms with van der Waals surface area (Å²) in [4.78, 5) is 10.5. The summed E-state index contributed by atoms with van der Waals surface area (Å²) in [6.45, 7) is 0.0422. The van der Waals surface area contributed by atoms with E-state index in [-0.39, 0.29) is 12.4 Å². The molecule has 1 rings (SSSR count). The molecule has 3 N–H and O–H groups in total. The predicted molar refractivity (Wildman–Crippen MR) is 59.0 cm³/mol. The number of hydrogen-bond donors (Lipinski definition) is 3. The lowest BCUT2D eigenvalue weighted by atomic mass is 10.2. The highest BCUT2D eigenvalue weighted by Crippen LogP contribution is 1.98. The van der Waals surface area contributed by atoms with E-state index in [2.05, 4.69) is 5.32 Å². The number of hydrogen-bond acceptors (Lipinski definition) is 3. The lowest BCUT2D eigenvalue weighted by Crippen LogP contribution is -2.39. The fraction of sp³-hybridized carbons (Fsp3) is 0.300. The number of benzene rings is 1. The summed E-state index contributed by atoms with van der Waals surface area (Å²) in [6.07, 6.45) is 0. The van der Waals surface area contributed by atoms with Crippen LogP contribution in [0.1, 0.15) is 5.56 Å². The summed E-state index contributed by atoms with van der Waals surface area (Å²) in [5, 5.41) is 20.1. The molecule has 1 aromatic carbocycles. The van der Waals surface area contributed by atoms with Gasteiger partial charge in [-0.05, 0) is 5.56 Å². The number of nitrogens with one attached hydrogen (secondary N) is 1. The van der Waals surface area contributed by atoms with Crippen molar-refractivity contribution < 1.29 is 15.0 Å². The SMILES string of the molecule is Cl.O=C(O)[C@H](CO)NCc1ccccc1. The molecule has 0 heterocycles. The van der Waals surface area contributed by atoms with E-state index in [1.165, 1.54) is 0 Å². The van der Waals surface area contributed by atoms with Crippen molar-refractivity contribution in [3.8, 4) is 0 Å². The molecular formula is C10H14ClNO3. The van der Waals surface area contributed by atoms with Crippen LogP contribution in [0.15, 0.2) is 30.3 Å². The van der Waals surface area contributed by atoms with Gasteiger partial charge in [-0.15, -0.1) is 12.4 Å². The van der Waals surface area contributed by atoms with Crippen LogP contribution in [-0.2, 0) is 11.3 Å². The zero-order valence-corrected chi connectivity index (χ0v) is 8.91. The quantitative estimate of drug-likeness (QED) is 0.696. The van der Waals surface area contributed by atoms with Gasteiger partial charge in [-0.2, -0.15) is 0 Å². The first-order valence-corrected chi connectivity index (χ1v) is 4.35. The van der Waals surface area contributed by atoms with Crippen LogP contribution in [0.2, 0.25) is 0 Å². The van der Waals surface area contributed by atoms with Crippen molar-refractivity contribution in [1.82, 2.24) is 5.32 Å². The third-order valence-corrected chi connectivity index (χ3v) is 1.88.